The van der Waals surface area contributed by atoms with Gasteiger partial charge in [0.15, 0.2) is 11.5 Å². The molecule has 0 bridgehead atoms. The summed E-state index contributed by atoms with van der Waals surface area (Å²) in [5, 5.41) is 2.00. The quantitative estimate of drug-likeness (QED) is 0.453. The van der Waals surface area contributed by atoms with Gasteiger partial charge >= 0.3 is 0 Å². The van der Waals surface area contributed by atoms with Gasteiger partial charge in [0.05, 0.1) is 12.1 Å². The van der Waals surface area contributed by atoms with Crippen LogP contribution in [0.1, 0.15) is 40.2 Å². The van der Waals surface area contributed by atoms with E-state index in [1.807, 2.05) is 50.4 Å². The summed E-state index contributed by atoms with van der Waals surface area (Å²) in [6.07, 6.45) is 0. The van der Waals surface area contributed by atoms with Gasteiger partial charge in [0.2, 0.25) is 12.7 Å². The van der Waals surface area contributed by atoms with Crippen molar-refractivity contribution in [3.8, 4) is 11.5 Å². The summed E-state index contributed by atoms with van der Waals surface area (Å²) >= 11 is 1.59. The number of fused-ring (bicyclic) bond motifs is 1. The van der Waals surface area contributed by atoms with Gasteiger partial charge in [-0.15, -0.1) is 11.3 Å². The summed E-state index contributed by atoms with van der Waals surface area (Å²) in [7, 11) is 0. The molecule has 1 aromatic heterocycles. The van der Waals surface area contributed by atoms with Gasteiger partial charge in [-0.2, -0.15) is 0 Å². The van der Waals surface area contributed by atoms with Crippen molar-refractivity contribution in [2.24, 2.45) is 0 Å². The zero-order valence-corrected chi connectivity index (χ0v) is 20.2. The normalized spacial score (nSPS) is 12.1. The third kappa shape index (κ3) is 5.22. The summed E-state index contributed by atoms with van der Waals surface area (Å²) in [4.78, 5) is 30.9. The number of aryl methyl sites for hydroxylation is 1. The Kier molecular flexibility index (Phi) is 7.17. The van der Waals surface area contributed by atoms with E-state index in [0.29, 0.717) is 24.6 Å². The first-order chi connectivity index (χ1) is 16.3. The van der Waals surface area contributed by atoms with Crippen LogP contribution in [0, 0.1) is 12.7 Å². The number of hydrogen-bond donors (Lipinski definition) is 0. The van der Waals surface area contributed by atoms with E-state index in [4.69, 9.17) is 9.47 Å². The highest BCUT2D eigenvalue weighted by atomic mass is 32.1. The third-order valence-corrected chi connectivity index (χ3v) is 6.77. The molecule has 6 nitrogen and oxygen atoms in total. The van der Waals surface area contributed by atoms with E-state index in [9.17, 15) is 14.0 Å². The van der Waals surface area contributed by atoms with Crippen LogP contribution in [0.4, 0.5) is 4.39 Å². The Bertz CT molecular complexity index is 1190. The van der Waals surface area contributed by atoms with Crippen molar-refractivity contribution < 1.29 is 23.5 Å². The molecule has 1 aliphatic rings. The Labute approximate surface area is 202 Å². The molecule has 0 radical (unpaired) electrons. The van der Waals surface area contributed by atoms with Crippen molar-refractivity contribution in [1.29, 1.82) is 0 Å². The molecule has 2 amide bonds. The minimum atomic E-state index is -0.600. The standard InChI is InChI=1S/C26H27FN2O4S/c1-17(2)29(26(31)20-6-4-5-7-21(20)27)15-25(30)28(14-24-18(3)10-11-34-24)13-19-8-9-22-23(12-19)33-16-32-22/h4-12,17H,13-16H2,1-3H3. The highest BCUT2D eigenvalue weighted by Gasteiger charge is 2.27. The first kappa shape index (κ1) is 23.8. The molecule has 4 rings (SSSR count). The molecule has 0 spiro atoms. The predicted octanol–water partition coefficient (Wildman–Crippen LogP) is 5.00. The van der Waals surface area contributed by atoms with Crippen molar-refractivity contribution in [3.05, 3.63) is 81.3 Å². The number of rotatable bonds is 8. The largest absolute Gasteiger partial charge is 0.454 e. The van der Waals surface area contributed by atoms with Crippen molar-refractivity contribution in [2.75, 3.05) is 13.3 Å². The maximum atomic E-state index is 14.3. The van der Waals surface area contributed by atoms with Crippen molar-refractivity contribution in [2.45, 2.75) is 39.9 Å². The highest BCUT2D eigenvalue weighted by Crippen LogP contribution is 2.33. The molecule has 34 heavy (non-hydrogen) atoms. The zero-order chi connectivity index (χ0) is 24.2. The Morgan fingerprint density at radius 1 is 1.06 bits per heavy atom. The summed E-state index contributed by atoms with van der Waals surface area (Å²) in [6, 6.07) is 13.2. The van der Waals surface area contributed by atoms with Crippen LogP contribution in [0.25, 0.3) is 0 Å². The van der Waals surface area contributed by atoms with Gasteiger partial charge in [0.25, 0.3) is 5.91 Å². The molecular formula is C26H27FN2O4S. The molecule has 0 saturated heterocycles. The molecule has 0 N–H and O–H groups in total. The lowest BCUT2D eigenvalue weighted by atomic mass is 10.1. The van der Waals surface area contributed by atoms with Gasteiger partial charge < -0.3 is 19.3 Å². The molecule has 8 heteroatoms. The Balaban J connectivity index is 1.57. The van der Waals surface area contributed by atoms with E-state index in [0.717, 1.165) is 16.0 Å². The number of ether oxygens (including phenoxy) is 2. The van der Waals surface area contributed by atoms with Gasteiger partial charge in [-0.25, -0.2) is 4.39 Å². The van der Waals surface area contributed by atoms with Crippen molar-refractivity contribution in [3.63, 3.8) is 0 Å². The lowest BCUT2D eigenvalue weighted by Crippen LogP contribution is -2.45. The molecule has 0 saturated carbocycles. The average Bonchev–Trinajstić information content (AvgIpc) is 3.45. The van der Waals surface area contributed by atoms with Crippen LogP contribution in [-0.4, -0.2) is 41.0 Å². The van der Waals surface area contributed by atoms with Crippen molar-refractivity contribution in [1.82, 2.24) is 9.80 Å². The molecule has 2 aromatic carbocycles. The molecule has 0 unspecified atom stereocenters. The Hall–Kier alpha value is -3.39. The maximum absolute atomic E-state index is 14.3. The van der Waals surface area contributed by atoms with Crippen molar-refractivity contribution >= 4 is 23.2 Å². The van der Waals surface area contributed by atoms with Gasteiger partial charge in [0.1, 0.15) is 12.4 Å². The maximum Gasteiger partial charge on any atom is 0.257 e. The number of amides is 2. The van der Waals surface area contributed by atoms with E-state index in [1.165, 1.54) is 23.1 Å². The summed E-state index contributed by atoms with van der Waals surface area (Å²) in [5.74, 6) is 0.00519. The molecule has 0 aliphatic carbocycles. The highest BCUT2D eigenvalue weighted by molar-refractivity contribution is 7.10. The number of carbonyl (C=O) groups is 2. The zero-order valence-electron chi connectivity index (χ0n) is 19.4. The number of hydrogen-bond acceptors (Lipinski definition) is 5. The topological polar surface area (TPSA) is 59.1 Å². The number of halogens is 1. The molecule has 0 fully saturated rings. The van der Waals surface area contributed by atoms with E-state index in [-0.39, 0.29) is 30.9 Å². The molecule has 0 atom stereocenters. The number of thiophene rings is 1. The minimum absolute atomic E-state index is 0.0413. The van der Waals surface area contributed by atoms with E-state index in [1.54, 1.807) is 22.3 Å². The lowest BCUT2D eigenvalue weighted by Gasteiger charge is -2.30. The van der Waals surface area contributed by atoms with Crippen LogP contribution in [0.5, 0.6) is 11.5 Å². The molecule has 3 aromatic rings. The van der Waals surface area contributed by atoms with Crippen LogP contribution >= 0.6 is 11.3 Å². The summed E-state index contributed by atoms with van der Waals surface area (Å²) < 4.78 is 25.2. The minimum Gasteiger partial charge on any atom is -0.454 e. The lowest BCUT2D eigenvalue weighted by molar-refractivity contribution is -0.133. The second-order valence-electron chi connectivity index (χ2n) is 8.47. The fraction of sp³-hybridized carbons (Fsp3) is 0.308. The SMILES string of the molecule is Cc1ccsc1CN(Cc1ccc2c(c1)OCO2)C(=O)CN(C(=O)c1ccccc1F)C(C)C. The van der Waals surface area contributed by atoms with Gasteiger partial charge in [-0.05, 0) is 67.6 Å². The van der Waals surface area contributed by atoms with Crippen LogP contribution < -0.4 is 9.47 Å². The van der Waals surface area contributed by atoms with Crippen LogP contribution in [-0.2, 0) is 17.9 Å². The molecule has 178 valence electrons. The first-order valence-corrected chi connectivity index (χ1v) is 12.0. The van der Waals surface area contributed by atoms with Crippen LogP contribution in [0.3, 0.4) is 0 Å². The fourth-order valence-electron chi connectivity index (χ4n) is 3.76. The first-order valence-electron chi connectivity index (χ1n) is 11.1. The summed E-state index contributed by atoms with van der Waals surface area (Å²) in [5.41, 5.74) is 1.96. The average molecular weight is 483 g/mol. The smallest absolute Gasteiger partial charge is 0.257 e. The fourth-order valence-corrected chi connectivity index (χ4v) is 4.68. The van der Waals surface area contributed by atoms with Crippen LogP contribution in [0.15, 0.2) is 53.9 Å². The summed E-state index contributed by atoms with van der Waals surface area (Å²) in [6.45, 7) is 6.42. The second kappa shape index (κ2) is 10.3. The van der Waals surface area contributed by atoms with Crippen LogP contribution in [0.2, 0.25) is 0 Å². The third-order valence-electron chi connectivity index (χ3n) is 5.76. The predicted molar refractivity (Wildman–Crippen MR) is 128 cm³/mol. The van der Waals surface area contributed by atoms with E-state index < -0.39 is 11.7 Å². The van der Waals surface area contributed by atoms with Gasteiger partial charge in [-0.3, -0.25) is 9.59 Å². The Morgan fingerprint density at radius 3 is 2.53 bits per heavy atom. The molecule has 2 heterocycles. The number of nitrogens with zero attached hydrogens (tertiary/aromatic N) is 2. The van der Waals surface area contributed by atoms with Gasteiger partial charge in [0, 0.05) is 17.5 Å². The Morgan fingerprint density at radius 2 is 1.82 bits per heavy atom. The van der Waals surface area contributed by atoms with E-state index in [2.05, 4.69) is 0 Å². The molecule has 1 aliphatic heterocycles. The second-order valence-corrected chi connectivity index (χ2v) is 9.47. The number of benzene rings is 2. The molecular weight excluding hydrogens is 455 g/mol. The monoisotopic (exact) mass is 482 g/mol. The van der Waals surface area contributed by atoms with Gasteiger partial charge in [-0.1, -0.05) is 18.2 Å². The van der Waals surface area contributed by atoms with E-state index >= 15 is 0 Å². The number of carbonyl (C=O) groups excluding carboxylic acids is 2.